The standard InChI is InChI=1S/C29H31ClN2O5/c1-35-26-5-3-4-21(18-26)20-37-27(22-10-12-25(30)13-11-22)19-31-14-16-32(17-15-31)28(33)23-6-8-24(9-7-23)29(34)36-2/h3-13,18,27H,14-17,19-20H2,1-2H3/t27-/m1/s1. The van der Waals surface area contributed by atoms with E-state index in [2.05, 4.69) is 4.90 Å². The molecular formula is C29H31ClN2O5. The summed E-state index contributed by atoms with van der Waals surface area (Å²) in [6.07, 6.45) is -0.156. The summed E-state index contributed by atoms with van der Waals surface area (Å²) in [6, 6.07) is 22.2. The van der Waals surface area contributed by atoms with E-state index in [4.69, 9.17) is 25.8 Å². The molecule has 3 aromatic rings. The number of halogens is 1. The van der Waals surface area contributed by atoms with Crippen molar-refractivity contribution in [2.75, 3.05) is 46.9 Å². The van der Waals surface area contributed by atoms with E-state index in [1.807, 2.05) is 53.4 Å². The van der Waals surface area contributed by atoms with Crippen LogP contribution in [0.4, 0.5) is 0 Å². The summed E-state index contributed by atoms with van der Waals surface area (Å²) in [5, 5.41) is 0.682. The first kappa shape index (κ1) is 26.7. The summed E-state index contributed by atoms with van der Waals surface area (Å²) >= 11 is 6.12. The van der Waals surface area contributed by atoms with Crippen molar-refractivity contribution in [1.29, 1.82) is 0 Å². The molecule has 0 aliphatic carbocycles. The van der Waals surface area contributed by atoms with Crippen LogP contribution >= 0.6 is 11.6 Å². The Labute approximate surface area is 222 Å². The Morgan fingerprint density at radius 1 is 0.892 bits per heavy atom. The largest absolute Gasteiger partial charge is 0.497 e. The van der Waals surface area contributed by atoms with E-state index in [1.54, 1.807) is 31.4 Å². The average molecular weight is 523 g/mol. The summed E-state index contributed by atoms with van der Waals surface area (Å²) in [5.74, 6) is 0.334. The quantitative estimate of drug-likeness (QED) is 0.374. The molecule has 0 radical (unpaired) electrons. The highest BCUT2D eigenvalue weighted by atomic mass is 35.5. The average Bonchev–Trinajstić information content (AvgIpc) is 2.95. The second kappa shape index (κ2) is 12.7. The summed E-state index contributed by atoms with van der Waals surface area (Å²) in [7, 11) is 2.99. The van der Waals surface area contributed by atoms with Gasteiger partial charge in [0.2, 0.25) is 0 Å². The first-order valence-electron chi connectivity index (χ1n) is 12.2. The maximum absolute atomic E-state index is 13.0. The van der Waals surface area contributed by atoms with Crippen molar-refractivity contribution in [3.63, 3.8) is 0 Å². The van der Waals surface area contributed by atoms with Gasteiger partial charge in [-0.3, -0.25) is 9.69 Å². The molecule has 0 N–H and O–H groups in total. The van der Waals surface area contributed by atoms with E-state index in [0.717, 1.165) is 30.0 Å². The molecule has 37 heavy (non-hydrogen) atoms. The molecule has 0 aromatic heterocycles. The molecule has 0 bridgehead atoms. The van der Waals surface area contributed by atoms with Gasteiger partial charge in [0.25, 0.3) is 5.91 Å². The number of amides is 1. The summed E-state index contributed by atoms with van der Waals surface area (Å²) in [5.41, 5.74) is 3.07. The van der Waals surface area contributed by atoms with Crippen LogP contribution in [0.2, 0.25) is 5.02 Å². The number of ether oxygens (including phenoxy) is 3. The lowest BCUT2D eigenvalue weighted by atomic mass is 10.1. The molecule has 8 heteroatoms. The van der Waals surface area contributed by atoms with Crippen molar-refractivity contribution in [3.05, 3.63) is 100 Å². The second-order valence-corrected chi connectivity index (χ2v) is 9.30. The zero-order valence-electron chi connectivity index (χ0n) is 21.1. The highest BCUT2D eigenvalue weighted by molar-refractivity contribution is 6.30. The van der Waals surface area contributed by atoms with Gasteiger partial charge in [0.1, 0.15) is 5.75 Å². The highest BCUT2D eigenvalue weighted by Crippen LogP contribution is 2.24. The summed E-state index contributed by atoms with van der Waals surface area (Å²) in [4.78, 5) is 28.8. The van der Waals surface area contributed by atoms with Crippen LogP contribution in [0.5, 0.6) is 5.75 Å². The van der Waals surface area contributed by atoms with E-state index in [9.17, 15) is 9.59 Å². The second-order valence-electron chi connectivity index (χ2n) is 8.86. The Morgan fingerprint density at radius 2 is 1.57 bits per heavy atom. The zero-order valence-corrected chi connectivity index (χ0v) is 21.8. The van der Waals surface area contributed by atoms with E-state index in [0.29, 0.717) is 42.4 Å². The first-order valence-corrected chi connectivity index (χ1v) is 12.5. The first-order chi connectivity index (χ1) is 18.0. The molecule has 1 fully saturated rings. The van der Waals surface area contributed by atoms with Crippen molar-refractivity contribution in [2.24, 2.45) is 0 Å². The number of esters is 1. The molecule has 1 heterocycles. The Kier molecular flexibility index (Phi) is 9.17. The smallest absolute Gasteiger partial charge is 0.337 e. The van der Waals surface area contributed by atoms with Crippen LogP contribution in [-0.4, -0.2) is 68.6 Å². The minimum atomic E-state index is -0.420. The van der Waals surface area contributed by atoms with Crippen LogP contribution in [0.25, 0.3) is 0 Å². The minimum absolute atomic E-state index is 0.0420. The van der Waals surface area contributed by atoms with Crippen LogP contribution < -0.4 is 4.74 Å². The molecule has 0 saturated carbocycles. The maximum atomic E-state index is 13.0. The molecule has 4 rings (SSSR count). The molecule has 0 spiro atoms. The van der Waals surface area contributed by atoms with E-state index in [-0.39, 0.29) is 12.0 Å². The molecule has 1 amide bonds. The zero-order chi connectivity index (χ0) is 26.2. The molecule has 1 atom stereocenters. The van der Waals surface area contributed by atoms with Gasteiger partial charge in [0.05, 0.1) is 32.5 Å². The Morgan fingerprint density at radius 3 is 2.22 bits per heavy atom. The lowest BCUT2D eigenvalue weighted by molar-refractivity contribution is 0.00337. The van der Waals surface area contributed by atoms with Crippen molar-refractivity contribution < 1.29 is 23.8 Å². The van der Waals surface area contributed by atoms with Gasteiger partial charge in [-0.25, -0.2) is 4.79 Å². The molecule has 0 unspecified atom stereocenters. The number of hydrogen-bond donors (Lipinski definition) is 0. The fourth-order valence-electron chi connectivity index (χ4n) is 4.31. The summed E-state index contributed by atoms with van der Waals surface area (Å²) < 4.78 is 16.4. The molecule has 1 saturated heterocycles. The number of rotatable bonds is 9. The van der Waals surface area contributed by atoms with Crippen molar-refractivity contribution in [3.8, 4) is 5.75 Å². The normalized spacial score (nSPS) is 14.7. The number of benzene rings is 3. The van der Waals surface area contributed by atoms with Crippen molar-refractivity contribution in [1.82, 2.24) is 9.80 Å². The van der Waals surface area contributed by atoms with Crippen molar-refractivity contribution in [2.45, 2.75) is 12.7 Å². The number of methoxy groups -OCH3 is 2. The van der Waals surface area contributed by atoms with Crippen molar-refractivity contribution >= 4 is 23.5 Å². The SMILES string of the molecule is COC(=O)c1ccc(C(=O)N2CCN(C[C@@H](OCc3cccc(OC)c3)c3ccc(Cl)cc3)CC2)cc1. The van der Waals surface area contributed by atoms with E-state index in [1.165, 1.54) is 7.11 Å². The number of piperazine rings is 1. The minimum Gasteiger partial charge on any atom is -0.497 e. The lowest BCUT2D eigenvalue weighted by Gasteiger charge is -2.36. The molecule has 1 aliphatic heterocycles. The summed E-state index contributed by atoms with van der Waals surface area (Å²) in [6.45, 7) is 3.84. The van der Waals surface area contributed by atoms with Gasteiger partial charge >= 0.3 is 5.97 Å². The van der Waals surface area contributed by atoms with E-state index < -0.39 is 5.97 Å². The van der Waals surface area contributed by atoms with E-state index >= 15 is 0 Å². The third-order valence-electron chi connectivity index (χ3n) is 6.46. The lowest BCUT2D eigenvalue weighted by Crippen LogP contribution is -2.49. The van der Waals surface area contributed by atoms with Crippen LogP contribution in [0.3, 0.4) is 0 Å². The third kappa shape index (κ3) is 7.10. The molecule has 194 valence electrons. The molecule has 7 nitrogen and oxygen atoms in total. The maximum Gasteiger partial charge on any atom is 0.337 e. The van der Waals surface area contributed by atoms with Gasteiger partial charge in [-0.2, -0.15) is 0 Å². The Bertz CT molecular complexity index is 1190. The highest BCUT2D eigenvalue weighted by Gasteiger charge is 2.25. The predicted octanol–water partition coefficient (Wildman–Crippen LogP) is 4.85. The molecule has 1 aliphatic rings. The van der Waals surface area contributed by atoms with Gasteiger partial charge in [0.15, 0.2) is 0 Å². The number of carbonyl (C=O) groups is 2. The van der Waals surface area contributed by atoms with Crippen LogP contribution in [0.1, 0.15) is 37.9 Å². The molecule has 3 aromatic carbocycles. The van der Waals surface area contributed by atoms with Crippen LogP contribution in [0, 0.1) is 0 Å². The van der Waals surface area contributed by atoms with Gasteiger partial charge in [0, 0.05) is 43.3 Å². The fraction of sp³-hybridized carbons (Fsp3) is 0.310. The number of hydrogen-bond acceptors (Lipinski definition) is 6. The van der Waals surface area contributed by atoms with Crippen LogP contribution in [0.15, 0.2) is 72.8 Å². The monoisotopic (exact) mass is 522 g/mol. The van der Waals surface area contributed by atoms with Gasteiger partial charge in [-0.15, -0.1) is 0 Å². The predicted molar refractivity (Wildman–Crippen MR) is 142 cm³/mol. The Balaban J connectivity index is 1.37. The van der Waals surface area contributed by atoms with Gasteiger partial charge in [-0.1, -0.05) is 35.9 Å². The fourth-order valence-corrected chi connectivity index (χ4v) is 4.43. The van der Waals surface area contributed by atoms with Crippen LogP contribution in [-0.2, 0) is 16.1 Å². The number of nitrogens with zero attached hydrogens (tertiary/aromatic N) is 2. The van der Waals surface area contributed by atoms with Gasteiger partial charge < -0.3 is 19.1 Å². The topological polar surface area (TPSA) is 68.3 Å². The molecular weight excluding hydrogens is 492 g/mol. The third-order valence-corrected chi connectivity index (χ3v) is 6.72. The number of carbonyl (C=O) groups excluding carboxylic acids is 2. The Hall–Kier alpha value is -3.39. The van der Waals surface area contributed by atoms with Gasteiger partial charge in [-0.05, 0) is 59.7 Å².